The summed E-state index contributed by atoms with van der Waals surface area (Å²) >= 11 is 3.35. The Morgan fingerprint density at radius 2 is 1.84 bits per heavy atom. The normalized spacial score (nSPS) is 17.1. The number of anilines is 1. The van der Waals surface area contributed by atoms with Crippen molar-refractivity contribution in [1.82, 2.24) is 5.43 Å². The monoisotopic (exact) mass is 397 g/mol. The van der Waals surface area contributed by atoms with Crippen LogP contribution >= 0.6 is 15.9 Å². The molecule has 0 atom stereocenters. The Balaban J connectivity index is 1.73. The van der Waals surface area contributed by atoms with Crippen LogP contribution in [0.4, 0.5) is 5.69 Å². The molecule has 1 heterocycles. The third kappa shape index (κ3) is 3.37. The summed E-state index contributed by atoms with van der Waals surface area (Å²) in [5.74, 6) is -0.232. The lowest BCUT2D eigenvalue weighted by molar-refractivity contribution is 0.0955. The largest absolute Gasteiger partial charge is 0.347 e. The highest BCUT2D eigenvalue weighted by Crippen LogP contribution is 2.46. The van der Waals surface area contributed by atoms with Crippen molar-refractivity contribution in [1.29, 1.82) is 0 Å². The molecule has 1 amide bonds. The van der Waals surface area contributed by atoms with Crippen molar-refractivity contribution >= 4 is 33.7 Å². The molecule has 1 aliphatic heterocycles. The molecule has 0 fully saturated rings. The van der Waals surface area contributed by atoms with Crippen LogP contribution < -0.4 is 10.3 Å². The molecule has 1 aliphatic rings. The first-order chi connectivity index (χ1) is 11.9. The van der Waals surface area contributed by atoms with Gasteiger partial charge in [-0.25, -0.2) is 5.43 Å². The molecule has 0 spiro atoms. The van der Waals surface area contributed by atoms with E-state index in [-0.39, 0.29) is 11.3 Å². The second-order valence-electron chi connectivity index (χ2n) is 6.48. The number of likely N-dealkylation sites (N-methyl/N-ethyl adjacent to an activating group) is 1. The highest BCUT2D eigenvalue weighted by atomic mass is 79.9. The number of para-hydroxylation sites is 1. The Morgan fingerprint density at radius 1 is 1.16 bits per heavy atom. The van der Waals surface area contributed by atoms with Crippen molar-refractivity contribution in [3.63, 3.8) is 0 Å². The van der Waals surface area contributed by atoms with E-state index in [1.807, 2.05) is 31.3 Å². The number of hydrazone groups is 1. The minimum absolute atomic E-state index is 0.104. The highest BCUT2D eigenvalue weighted by Gasteiger charge is 2.37. The van der Waals surface area contributed by atoms with Gasteiger partial charge in [0, 0.05) is 40.1 Å². The Labute approximate surface area is 156 Å². The summed E-state index contributed by atoms with van der Waals surface area (Å²) in [5.41, 5.74) is 6.64. The van der Waals surface area contributed by atoms with Crippen LogP contribution in [0.15, 0.2) is 69.9 Å². The van der Waals surface area contributed by atoms with Crippen molar-refractivity contribution in [3.05, 3.63) is 75.9 Å². The Morgan fingerprint density at radius 3 is 2.52 bits per heavy atom. The van der Waals surface area contributed by atoms with Crippen LogP contribution in [0, 0.1) is 0 Å². The van der Waals surface area contributed by atoms with Gasteiger partial charge in [-0.15, -0.1) is 0 Å². The molecule has 0 aromatic heterocycles. The molecule has 0 saturated heterocycles. The molecular weight excluding hydrogens is 378 g/mol. The molecule has 0 radical (unpaired) electrons. The van der Waals surface area contributed by atoms with Crippen LogP contribution in [0.1, 0.15) is 29.8 Å². The first kappa shape index (κ1) is 17.4. The molecule has 5 heteroatoms. The van der Waals surface area contributed by atoms with Gasteiger partial charge in [0.15, 0.2) is 0 Å². The van der Waals surface area contributed by atoms with Gasteiger partial charge in [0.25, 0.3) is 5.91 Å². The first-order valence-corrected chi connectivity index (χ1v) is 8.83. The van der Waals surface area contributed by atoms with E-state index in [0.717, 1.165) is 10.2 Å². The maximum atomic E-state index is 12.1. The number of benzene rings is 2. The lowest BCUT2D eigenvalue weighted by Crippen LogP contribution is -2.23. The molecule has 2 aromatic carbocycles. The summed E-state index contributed by atoms with van der Waals surface area (Å²) in [4.78, 5) is 14.2. The molecule has 2 aromatic rings. The van der Waals surface area contributed by atoms with Gasteiger partial charge >= 0.3 is 0 Å². The third-order valence-electron chi connectivity index (χ3n) is 4.52. The second kappa shape index (κ2) is 6.84. The number of fused-ring (bicyclic) bond motifs is 1. The number of carbonyl (C=O) groups excluding carboxylic acids is 1. The van der Waals surface area contributed by atoms with E-state index in [1.165, 1.54) is 11.3 Å². The average molecular weight is 398 g/mol. The number of amides is 1. The number of nitrogens with one attached hydrogen (secondary N) is 1. The smallest absolute Gasteiger partial charge is 0.271 e. The fraction of sp³-hybridized carbons (Fsp3) is 0.200. The number of carbonyl (C=O) groups is 1. The fourth-order valence-electron chi connectivity index (χ4n) is 3.17. The van der Waals surface area contributed by atoms with Crippen molar-refractivity contribution in [3.8, 4) is 0 Å². The van der Waals surface area contributed by atoms with Gasteiger partial charge in [0.05, 0.1) is 0 Å². The fourth-order valence-corrected chi connectivity index (χ4v) is 3.44. The van der Waals surface area contributed by atoms with Crippen molar-refractivity contribution in [2.24, 2.45) is 5.10 Å². The minimum Gasteiger partial charge on any atom is -0.347 e. The van der Waals surface area contributed by atoms with E-state index < -0.39 is 0 Å². The zero-order chi connectivity index (χ0) is 18.0. The van der Waals surface area contributed by atoms with Gasteiger partial charge in [-0.2, -0.15) is 5.10 Å². The maximum Gasteiger partial charge on any atom is 0.271 e. The topological polar surface area (TPSA) is 44.7 Å². The van der Waals surface area contributed by atoms with E-state index in [9.17, 15) is 4.79 Å². The van der Waals surface area contributed by atoms with Gasteiger partial charge in [0.2, 0.25) is 0 Å². The molecule has 0 saturated carbocycles. The Bertz CT molecular complexity index is 853. The SMILES string of the molecule is CN1C(=CC=NNC(=O)c2ccc(Br)cc2)C(C)(C)c2ccccc21. The molecule has 3 rings (SSSR count). The molecule has 0 bridgehead atoms. The number of nitrogens with zero attached hydrogens (tertiary/aromatic N) is 2. The number of rotatable bonds is 3. The van der Waals surface area contributed by atoms with E-state index in [4.69, 9.17) is 0 Å². The predicted molar refractivity (Wildman–Crippen MR) is 106 cm³/mol. The van der Waals surface area contributed by atoms with Crippen LogP contribution in [0.5, 0.6) is 0 Å². The lowest BCUT2D eigenvalue weighted by atomic mass is 9.84. The second-order valence-corrected chi connectivity index (χ2v) is 7.39. The van der Waals surface area contributed by atoms with Crippen molar-refractivity contribution in [2.45, 2.75) is 19.3 Å². The van der Waals surface area contributed by atoms with Crippen molar-refractivity contribution in [2.75, 3.05) is 11.9 Å². The summed E-state index contributed by atoms with van der Waals surface area (Å²) in [6, 6.07) is 15.5. The molecule has 0 aliphatic carbocycles. The standard InChI is InChI=1S/C20H20BrN3O/c1-20(2)16-6-4-5-7-17(16)24(3)18(20)12-13-22-23-19(25)14-8-10-15(21)11-9-14/h4-13H,1-3H3,(H,23,25). The van der Waals surface area contributed by atoms with Gasteiger partial charge < -0.3 is 4.90 Å². The number of hydrogen-bond donors (Lipinski definition) is 1. The van der Waals surface area contributed by atoms with Gasteiger partial charge in [-0.1, -0.05) is 48.0 Å². The van der Waals surface area contributed by atoms with Gasteiger partial charge in [-0.3, -0.25) is 4.79 Å². The van der Waals surface area contributed by atoms with E-state index in [1.54, 1.807) is 18.3 Å². The van der Waals surface area contributed by atoms with Crippen LogP contribution in [-0.4, -0.2) is 19.2 Å². The predicted octanol–water partition coefficient (Wildman–Crippen LogP) is 4.48. The summed E-state index contributed by atoms with van der Waals surface area (Å²) in [6.45, 7) is 4.38. The van der Waals surface area contributed by atoms with Crippen LogP contribution in [-0.2, 0) is 5.41 Å². The third-order valence-corrected chi connectivity index (χ3v) is 5.05. The summed E-state index contributed by atoms with van der Waals surface area (Å²) < 4.78 is 0.934. The molecule has 4 nitrogen and oxygen atoms in total. The van der Waals surface area contributed by atoms with Gasteiger partial charge in [-0.05, 0) is 42.0 Å². The quantitative estimate of drug-likeness (QED) is 0.612. The van der Waals surface area contributed by atoms with Crippen LogP contribution in [0.2, 0.25) is 0 Å². The molecule has 1 N–H and O–H groups in total. The number of hydrogen-bond acceptors (Lipinski definition) is 3. The summed E-state index contributed by atoms with van der Waals surface area (Å²) in [7, 11) is 2.05. The minimum atomic E-state index is -0.232. The average Bonchev–Trinajstić information content (AvgIpc) is 2.79. The number of halogens is 1. The summed E-state index contributed by atoms with van der Waals surface area (Å²) in [6.07, 6.45) is 3.58. The van der Waals surface area contributed by atoms with Crippen LogP contribution in [0.3, 0.4) is 0 Å². The molecule has 25 heavy (non-hydrogen) atoms. The number of allylic oxidation sites excluding steroid dienone is 2. The zero-order valence-corrected chi connectivity index (χ0v) is 16.0. The zero-order valence-electron chi connectivity index (χ0n) is 14.5. The van der Waals surface area contributed by atoms with E-state index in [2.05, 4.69) is 63.4 Å². The van der Waals surface area contributed by atoms with Crippen molar-refractivity contribution < 1.29 is 4.79 Å². The van der Waals surface area contributed by atoms with E-state index in [0.29, 0.717) is 5.56 Å². The Kier molecular flexibility index (Phi) is 4.77. The molecular formula is C20H20BrN3O. The molecule has 0 unspecified atom stereocenters. The first-order valence-electron chi connectivity index (χ1n) is 8.04. The summed E-state index contributed by atoms with van der Waals surface area (Å²) in [5, 5.41) is 4.06. The Hall–Kier alpha value is -2.40. The molecule has 128 valence electrons. The van der Waals surface area contributed by atoms with E-state index >= 15 is 0 Å². The maximum absolute atomic E-state index is 12.1. The lowest BCUT2D eigenvalue weighted by Gasteiger charge is -2.23. The van der Waals surface area contributed by atoms with Crippen LogP contribution in [0.25, 0.3) is 0 Å². The van der Waals surface area contributed by atoms with Gasteiger partial charge in [0.1, 0.15) is 0 Å². The highest BCUT2D eigenvalue weighted by molar-refractivity contribution is 9.10.